The quantitative estimate of drug-likeness (QED) is 0.585. The minimum absolute atomic E-state index is 0.307. The molecule has 2 aliphatic heterocycles. The molecular formula is C21H23BrClN3O2. The molecular weight excluding hydrogens is 442 g/mol. The predicted octanol–water partition coefficient (Wildman–Crippen LogP) is 4.95. The number of fused-ring (bicyclic) bond motifs is 1. The Labute approximate surface area is 178 Å². The number of hydrogen-bond acceptors (Lipinski definition) is 4. The normalized spacial score (nSPS) is 23.6. The minimum Gasteiger partial charge on any atom is -0.354 e. The maximum Gasteiger partial charge on any atom is 0.278 e. The van der Waals surface area contributed by atoms with Crippen LogP contribution >= 0.6 is 27.5 Å². The summed E-state index contributed by atoms with van der Waals surface area (Å²) in [5, 5.41) is 4.00. The molecule has 0 bridgehead atoms. The highest BCUT2D eigenvalue weighted by molar-refractivity contribution is 9.10. The third kappa shape index (κ3) is 3.73. The van der Waals surface area contributed by atoms with Crippen molar-refractivity contribution in [1.82, 2.24) is 10.4 Å². The van der Waals surface area contributed by atoms with Crippen LogP contribution in [-0.2, 0) is 9.63 Å². The first-order valence-corrected chi connectivity index (χ1v) is 10.6. The summed E-state index contributed by atoms with van der Waals surface area (Å²) in [4.78, 5) is 20.3. The third-order valence-corrected chi connectivity index (χ3v) is 6.54. The molecule has 1 saturated carbocycles. The molecule has 2 N–H and O–H groups in total. The number of carbonyl (C=O) groups is 1. The van der Waals surface area contributed by atoms with E-state index < -0.39 is 5.54 Å². The maximum absolute atomic E-state index is 12.9. The Hall–Kier alpha value is -1.76. The highest BCUT2D eigenvalue weighted by Crippen LogP contribution is 2.43. The van der Waals surface area contributed by atoms with E-state index in [-0.39, 0.29) is 5.91 Å². The summed E-state index contributed by atoms with van der Waals surface area (Å²) in [5.41, 5.74) is 5.19. The van der Waals surface area contributed by atoms with Crippen LogP contribution in [-0.4, -0.2) is 23.0 Å². The molecule has 5 nitrogen and oxygen atoms in total. The van der Waals surface area contributed by atoms with Gasteiger partial charge in [-0.1, -0.05) is 33.6 Å². The van der Waals surface area contributed by atoms with Gasteiger partial charge < -0.3 is 10.2 Å². The van der Waals surface area contributed by atoms with Crippen molar-refractivity contribution in [2.45, 2.75) is 38.6 Å². The second kappa shape index (κ2) is 7.58. The molecule has 28 heavy (non-hydrogen) atoms. The average Bonchev–Trinajstić information content (AvgIpc) is 3.39. The van der Waals surface area contributed by atoms with E-state index in [4.69, 9.17) is 16.4 Å². The molecule has 7 heteroatoms. The van der Waals surface area contributed by atoms with E-state index in [0.29, 0.717) is 28.8 Å². The lowest BCUT2D eigenvalue weighted by Gasteiger charge is -2.39. The summed E-state index contributed by atoms with van der Waals surface area (Å²) in [6, 6.07) is 5.95. The molecule has 4 rings (SSSR count). The van der Waals surface area contributed by atoms with Crippen LogP contribution < -0.4 is 10.8 Å². The van der Waals surface area contributed by atoms with Crippen LogP contribution in [0.2, 0.25) is 0 Å². The van der Waals surface area contributed by atoms with Crippen molar-refractivity contribution >= 4 is 39.1 Å². The molecule has 1 amide bonds. The first-order chi connectivity index (χ1) is 13.4. The Morgan fingerprint density at radius 2 is 2.21 bits per heavy atom. The SMILES string of the molecule is Cc1cc(Br)ccc1NC1=C(Cl)[C@@]2(C)CC=CN2C=C1C(=O)NOCC1CC1. The van der Waals surface area contributed by atoms with Gasteiger partial charge in [0.1, 0.15) is 0 Å². The molecule has 1 aromatic carbocycles. The van der Waals surface area contributed by atoms with E-state index in [2.05, 4.69) is 39.7 Å². The number of aryl methyl sites for hydroxylation is 1. The predicted molar refractivity (Wildman–Crippen MR) is 114 cm³/mol. The number of halogens is 2. The summed E-state index contributed by atoms with van der Waals surface area (Å²) in [7, 11) is 0. The van der Waals surface area contributed by atoms with Crippen LogP contribution in [0.15, 0.2) is 57.5 Å². The Kier molecular flexibility index (Phi) is 5.29. The number of amides is 1. The molecule has 0 radical (unpaired) electrons. The standard InChI is InChI=1S/C21H23BrClN3O2/c1-13-10-15(22)6-7-17(13)24-18-16(20(27)25-28-12-14-4-5-14)11-26-9-3-8-21(26,2)19(18)23/h3,6-7,9-11,14,24H,4-5,8,12H2,1-2H3,(H,25,27)/t21-/m1/s1. The minimum atomic E-state index is -0.397. The lowest BCUT2D eigenvalue weighted by atomic mass is 9.91. The Balaban J connectivity index is 1.63. The second-order valence-corrected chi connectivity index (χ2v) is 9.07. The number of nitrogens with one attached hydrogen (secondary N) is 2. The van der Waals surface area contributed by atoms with Crippen molar-refractivity contribution < 1.29 is 9.63 Å². The van der Waals surface area contributed by atoms with E-state index in [1.54, 1.807) is 0 Å². The number of benzene rings is 1. The Bertz CT molecular complexity index is 907. The molecule has 3 aliphatic rings. The van der Waals surface area contributed by atoms with Gasteiger partial charge in [-0.15, -0.1) is 0 Å². The van der Waals surface area contributed by atoms with Gasteiger partial charge in [-0.2, -0.15) is 0 Å². The number of carbonyl (C=O) groups excluding carboxylic acids is 1. The van der Waals surface area contributed by atoms with Gasteiger partial charge in [0.05, 0.1) is 28.4 Å². The van der Waals surface area contributed by atoms with E-state index in [9.17, 15) is 4.79 Å². The van der Waals surface area contributed by atoms with Gasteiger partial charge in [0.15, 0.2) is 0 Å². The first-order valence-electron chi connectivity index (χ1n) is 9.41. The topological polar surface area (TPSA) is 53.6 Å². The zero-order valence-electron chi connectivity index (χ0n) is 15.9. The molecule has 2 heterocycles. The number of rotatable bonds is 6. The van der Waals surface area contributed by atoms with Gasteiger partial charge in [-0.3, -0.25) is 9.63 Å². The van der Waals surface area contributed by atoms with Crippen molar-refractivity contribution in [3.8, 4) is 0 Å². The van der Waals surface area contributed by atoms with Crippen molar-refractivity contribution in [2.24, 2.45) is 5.92 Å². The molecule has 0 spiro atoms. The monoisotopic (exact) mass is 463 g/mol. The van der Waals surface area contributed by atoms with E-state index in [1.165, 1.54) is 0 Å². The highest BCUT2D eigenvalue weighted by atomic mass is 79.9. The van der Waals surface area contributed by atoms with Crippen LogP contribution in [0, 0.1) is 12.8 Å². The Morgan fingerprint density at radius 1 is 1.43 bits per heavy atom. The first kappa shape index (κ1) is 19.6. The number of anilines is 1. The van der Waals surface area contributed by atoms with Gasteiger partial charge in [-0.25, -0.2) is 5.48 Å². The number of nitrogens with zero attached hydrogens (tertiary/aromatic N) is 1. The fraction of sp³-hybridized carbons (Fsp3) is 0.381. The van der Waals surface area contributed by atoms with Crippen molar-refractivity contribution in [3.05, 3.63) is 63.0 Å². The molecule has 148 valence electrons. The van der Waals surface area contributed by atoms with E-state index in [1.807, 2.05) is 42.4 Å². The molecule has 0 unspecified atom stereocenters. The smallest absolute Gasteiger partial charge is 0.278 e. The summed E-state index contributed by atoms with van der Waals surface area (Å²) in [6.07, 6.45) is 8.96. The summed E-state index contributed by atoms with van der Waals surface area (Å²) < 4.78 is 0.999. The van der Waals surface area contributed by atoms with Gasteiger partial charge in [0.2, 0.25) is 0 Å². The van der Waals surface area contributed by atoms with Crippen LogP contribution in [0.1, 0.15) is 31.7 Å². The Morgan fingerprint density at radius 3 is 2.93 bits per heavy atom. The molecule has 1 atom stereocenters. The van der Waals surface area contributed by atoms with Gasteiger partial charge in [0, 0.05) is 22.6 Å². The lowest BCUT2D eigenvalue weighted by Crippen LogP contribution is -2.43. The molecule has 0 saturated heterocycles. The zero-order chi connectivity index (χ0) is 19.9. The second-order valence-electron chi connectivity index (χ2n) is 7.77. The fourth-order valence-electron chi connectivity index (χ4n) is 3.41. The van der Waals surface area contributed by atoms with Gasteiger partial charge >= 0.3 is 0 Å². The molecule has 1 fully saturated rings. The van der Waals surface area contributed by atoms with Crippen LogP contribution in [0.4, 0.5) is 5.69 Å². The average molecular weight is 465 g/mol. The van der Waals surface area contributed by atoms with Crippen molar-refractivity contribution in [2.75, 3.05) is 11.9 Å². The highest BCUT2D eigenvalue weighted by Gasteiger charge is 2.42. The summed E-state index contributed by atoms with van der Waals surface area (Å²) >= 11 is 10.3. The number of hydrogen-bond donors (Lipinski definition) is 2. The largest absolute Gasteiger partial charge is 0.354 e. The molecule has 1 aromatic rings. The third-order valence-electron chi connectivity index (χ3n) is 5.45. The lowest BCUT2D eigenvalue weighted by molar-refractivity contribution is -0.129. The van der Waals surface area contributed by atoms with Crippen LogP contribution in [0.5, 0.6) is 0 Å². The summed E-state index contributed by atoms with van der Waals surface area (Å²) in [5.74, 6) is 0.256. The van der Waals surface area contributed by atoms with Crippen molar-refractivity contribution in [3.63, 3.8) is 0 Å². The molecule has 0 aromatic heterocycles. The van der Waals surface area contributed by atoms with E-state index >= 15 is 0 Å². The van der Waals surface area contributed by atoms with E-state index in [0.717, 1.165) is 35.0 Å². The maximum atomic E-state index is 12.9. The van der Waals surface area contributed by atoms with Gasteiger partial charge in [0.25, 0.3) is 5.91 Å². The number of hydroxylamine groups is 1. The van der Waals surface area contributed by atoms with Gasteiger partial charge in [-0.05, 0) is 62.8 Å². The van der Waals surface area contributed by atoms with Crippen LogP contribution in [0.25, 0.3) is 0 Å². The zero-order valence-corrected chi connectivity index (χ0v) is 18.2. The van der Waals surface area contributed by atoms with Crippen molar-refractivity contribution in [1.29, 1.82) is 0 Å². The summed E-state index contributed by atoms with van der Waals surface area (Å²) in [6.45, 7) is 4.63. The fourth-order valence-corrected chi connectivity index (χ4v) is 4.21. The molecule has 1 aliphatic carbocycles. The van der Waals surface area contributed by atoms with Crippen LogP contribution in [0.3, 0.4) is 0 Å².